The molecule has 2 aromatic rings. The van der Waals surface area contributed by atoms with Crippen LogP contribution >= 0.6 is 0 Å². The van der Waals surface area contributed by atoms with Gasteiger partial charge in [0.05, 0.1) is 5.92 Å². The molecule has 2 aromatic carbocycles. The SMILES string of the molecule is CC(C)CC(C(=O)N(C)C#N)c1cccc(-c2ccc(C(=O)NCCN(C)C)cc2)c1. The zero-order chi connectivity index (χ0) is 23.0. The van der Waals surface area contributed by atoms with E-state index >= 15 is 0 Å². The highest BCUT2D eigenvalue weighted by Gasteiger charge is 2.25. The van der Waals surface area contributed by atoms with Crippen LogP contribution in [-0.4, -0.2) is 55.8 Å². The molecule has 1 atom stereocenters. The number of benzene rings is 2. The van der Waals surface area contributed by atoms with Gasteiger partial charge in [0.25, 0.3) is 5.91 Å². The molecule has 31 heavy (non-hydrogen) atoms. The van der Waals surface area contributed by atoms with Crippen LogP contribution in [0.15, 0.2) is 48.5 Å². The van der Waals surface area contributed by atoms with Crippen molar-refractivity contribution in [2.45, 2.75) is 26.2 Å². The minimum absolute atomic E-state index is 0.0933. The van der Waals surface area contributed by atoms with Gasteiger partial charge in [0.15, 0.2) is 6.19 Å². The van der Waals surface area contributed by atoms with Crippen molar-refractivity contribution >= 4 is 11.8 Å². The second-order valence-corrected chi connectivity index (χ2v) is 8.44. The van der Waals surface area contributed by atoms with Gasteiger partial charge in [-0.15, -0.1) is 0 Å². The quantitative estimate of drug-likeness (QED) is 0.496. The predicted molar refractivity (Wildman–Crippen MR) is 123 cm³/mol. The summed E-state index contributed by atoms with van der Waals surface area (Å²) >= 11 is 0. The summed E-state index contributed by atoms with van der Waals surface area (Å²) < 4.78 is 0. The van der Waals surface area contributed by atoms with Crippen molar-refractivity contribution in [1.82, 2.24) is 15.1 Å². The molecular weight excluding hydrogens is 388 g/mol. The van der Waals surface area contributed by atoms with Gasteiger partial charge < -0.3 is 10.2 Å². The fraction of sp³-hybridized carbons (Fsp3) is 0.400. The van der Waals surface area contributed by atoms with E-state index in [1.54, 1.807) is 0 Å². The fourth-order valence-corrected chi connectivity index (χ4v) is 3.38. The number of nitriles is 1. The van der Waals surface area contributed by atoms with Gasteiger partial charge in [-0.1, -0.05) is 50.2 Å². The summed E-state index contributed by atoms with van der Waals surface area (Å²) in [6.45, 7) is 5.52. The first-order valence-electron chi connectivity index (χ1n) is 10.5. The Bertz CT molecular complexity index is 929. The third-order valence-corrected chi connectivity index (χ3v) is 5.10. The number of rotatable bonds is 9. The normalized spacial score (nSPS) is 11.8. The molecule has 0 bridgehead atoms. The molecule has 6 nitrogen and oxygen atoms in total. The number of nitrogens with one attached hydrogen (secondary N) is 1. The Morgan fingerprint density at radius 3 is 2.29 bits per heavy atom. The molecule has 2 amide bonds. The van der Waals surface area contributed by atoms with Crippen molar-refractivity contribution in [3.05, 3.63) is 59.7 Å². The molecule has 0 saturated carbocycles. The molecule has 2 rings (SSSR count). The van der Waals surface area contributed by atoms with Crippen LogP contribution in [0.25, 0.3) is 11.1 Å². The molecule has 0 heterocycles. The minimum Gasteiger partial charge on any atom is -0.351 e. The van der Waals surface area contributed by atoms with E-state index in [2.05, 4.69) is 19.2 Å². The first kappa shape index (κ1) is 24.1. The number of nitrogens with zero attached hydrogens (tertiary/aromatic N) is 3. The van der Waals surface area contributed by atoms with E-state index in [9.17, 15) is 9.59 Å². The lowest BCUT2D eigenvalue weighted by Crippen LogP contribution is -2.31. The molecule has 0 radical (unpaired) electrons. The largest absolute Gasteiger partial charge is 0.351 e. The van der Waals surface area contributed by atoms with Gasteiger partial charge in [-0.2, -0.15) is 5.26 Å². The lowest BCUT2D eigenvalue weighted by Gasteiger charge is -2.21. The molecule has 6 heteroatoms. The maximum Gasteiger partial charge on any atom is 0.251 e. The monoisotopic (exact) mass is 420 g/mol. The number of carbonyl (C=O) groups excluding carboxylic acids is 2. The Labute approximate surface area is 185 Å². The van der Waals surface area contributed by atoms with Crippen LogP contribution in [0.4, 0.5) is 0 Å². The zero-order valence-electron chi connectivity index (χ0n) is 19.1. The van der Waals surface area contributed by atoms with Crippen molar-refractivity contribution in [2.24, 2.45) is 5.92 Å². The van der Waals surface area contributed by atoms with Crippen LogP contribution in [0.5, 0.6) is 0 Å². The minimum atomic E-state index is -0.369. The average molecular weight is 421 g/mol. The van der Waals surface area contributed by atoms with Crippen LogP contribution in [0.2, 0.25) is 0 Å². The average Bonchev–Trinajstić information content (AvgIpc) is 2.76. The molecule has 164 valence electrons. The van der Waals surface area contributed by atoms with Crippen molar-refractivity contribution in [3.8, 4) is 17.3 Å². The van der Waals surface area contributed by atoms with Crippen LogP contribution in [0.1, 0.15) is 42.1 Å². The fourth-order valence-electron chi connectivity index (χ4n) is 3.38. The number of likely N-dealkylation sites (N-methyl/N-ethyl adjacent to an activating group) is 2. The van der Waals surface area contributed by atoms with E-state index in [1.807, 2.05) is 73.7 Å². The molecule has 0 saturated heterocycles. The second kappa shape index (κ2) is 11.3. The first-order valence-corrected chi connectivity index (χ1v) is 10.5. The molecule has 0 aromatic heterocycles. The van der Waals surface area contributed by atoms with E-state index in [0.29, 0.717) is 24.4 Å². The second-order valence-electron chi connectivity index (χ2n) is 8.44. The summed E-state index contributed by atoms with van der Waals surface area (Å²) in [6.07, 6.45) is 2.58. The molecule has 0 aliphatic heterocycles. The summed E-state index contributed by atoms with van der Waals surface area (Å²) in [7, 11) is 5.43. The molecule has 1 N–H and O–H groups in total. The summed E-state index contributed by atoms with van der Waals surface area (Å²) in [5.74, 6) is -0.344. The van der Waals surface area contributed by atoms with E-state index in [-0.39, 0.29) is 17.7 Å². The van der Waals surface area contributed by atoms with Gasteiger partial charge in [-0.3, -0.25) is 14.5 Å². The third-order valence-electron chi connectivity index (χ3n) is 5.10. The van der Waals surface area contributed by atoms with Gasteiger partial charge in [-0.25, -0.2) is 0 Å². The molecular formula is C25H32N4O2. The lowest BCUT2D eigenvalue weighted by molar-refractivity contribution is -0.129. The van der Waals surface area contributed by atoms with Crippen molar-refractivity contribution < 1.29 is 9.59 Å². The van der Waals surface area contributed by atoms with Gasteiger partial charge in [0, 0.05) is 25.7 Å². The number of hydrogen-bond acceptors (Lipinski definition) is 4. The highest BCUT2D eigenvalue weighted by molar-refractivity contribution is 5.94. The van der Waals surface area contributed by atoms with E-state index in [0.717, 1.165) is 28.1 Å². The van der Waals surface area contributed by atoms with E-state index in [4.69, 9.17) is 5.26 Å². The highest BCUT2D eigenvalue weighted by Crippen LogP contribution is 2.29. The maximum atomic E-state index is 12.8. The molecule has 0 fully saturated rings. The van der Waals surface area contributed by atoms with Crippen molar-refractivity contribution in [2.75, 3.05) is 34.2 Å². The van der Waals surface area contributed by atoms with E-state index < -0.39 is 0 Å². The maximum absolute atomic E-state index is 12.8. The zero-order valence-corrected chi connectivity index (χ0v) is 19.1. The number of amides is 2. The topological polar surface area (TPSA) is 76.4 Å². The standard InChI is InChI=1S/C25H32N4O2/c1-18(2)15-23(25(31)29(5)17-26)22-8-6-7-21(16-22)19-9-11-20(12-10-19)24(30)27-13-14-28(3)4/h6-12,16,18,23H,13-15H2,1-5H3,(H,27,30). The summed E-state index contributed by atoms with van der Waals surface area (Å²) in [6, 6.07) is 15.3. The molecule has 0 spiro atoms. The van der Waals surface area contributed by atoms with Crippen LogP contribution < -0.4 is 5.32 Å². The lowest BCUT2D eigenvalue weighted by atomic mass is 9.87. The van der Waals surface area contributed by atoms with Crippen LogP contribution in [0, 0.1) is 17.4 Å². The smallest absolute Gasteiger partial charge is 0.251 e. The van der Waals surface area contributed by atoms with Crippen molar-refractivity contribution in [1.29, 1.82) is 5.26 Å². The Hall–Kier alpha value is -3.17. The molecule has 0 aliphatic carbocycles. The highest BCUT2D eigenvalue weighted by atomic mass is 16.2. The summed E-state index contributed by atoms with van der Waals surface area (Å²) in [4.78, 5) is 28.2. The van der Waals surface area contributed by atoms with Crippen LogP contribution in [-0.2, 0) is 4.79 Å². The van der Waals surface area contributed by atoms with Gasteiger partial charge in [0.2, 0.25) is 5.91 Å². The Morgan fingerprint density at radius 2 is 1.71 bits per heavy atom. The van der Waals surface area contributed by atoms with Gasteiger partial charge in [0.1, 0.15) is 0 Å². The summed E-state index contributed by atoms with van der Waals surface area (Å²) in [5.41, 5.74) is 3.44. The van der Waals surface area contributed by atoms with E-state index in [1.165, 1.54) is 7.05 Å². The Kier molecular flexibility index (Phi) is 8.77. The third kappa shape index (κ3) is 6.94. The first-order chi connectivity index (χ1) is 14.7. The number of carbonyl (C=O) groups is 2. The molecule has 0 aliphatic rings. The van der Waals surface area contributed by atoms with Crippen molar-refractivity contribution in [3.63, 3.8) is 0 Å². The predicted octanol–water partition coefficient (Wildman–Crippen LogP) is 3.71. The Balaban J connectivity index is 2.22. The van der Waals surface area contributed by atoms with Gasteiger partial charge >= 0.3 is 0 Å². The number of hydrogen-bond donors (Lipinski definition) is 1. The molecule has 1 unspecified atom stereocenters. The van der Waals surface area contributed by atoms with Crippen LogP contribution in [0.3, 0.4) is 0 Å². The summed E-state index contributed by atoms with van der Waals surface area (Å²) in [5, 5.41) is 12.1. The van der Waals surface area contributed by atoms with Gasteiger partial charge in [-0.05, 0) is 55.3 Å². The Morgan fingerprint density at radius 1 is 1.03 bits per heavy atom.